The first-order valence-electron chi connectivity index (χ1n) is 10.6. The van der Waals surface area contributed by atoms with Gasteiger partial charge in [0.1, 0.15) is 0 Å². The smallest absolute Gasteiger partial charge is 0.339 e. The molecule has 1 saturated carbocycles. The Balaban J connectivity index is 1.83. The monoisotopic (exact) mass is 465 g/mol. The molecule has 2 N–H and O–H groups in total. The second kappa shape index (κ2) is 13.7. The number of nitrogens with zero attached hydrogens (tertiary/aromatic N) is 1. The molecule has 0 spiro atoms. The quantitative estimate of drug-likeness (QED) is 0.309. The van der Waals surface area contributed by atoms with E-state index in [0.29, 0.717) is 11.5 Å². The summed E-state index contributed by atoms with van der Waals surface area (Å²) in [5, 5.41) is 4.49. The van der Waals surface area contributed by atoms with Crippen LogP contribution in [0.15, 0.2) is 29.2 Å². The molecule has 1 aromatic carbocycles. The van der Waals surface area contributed by atoms with Crippen LogP contribution in [-0.2, 0) is 19.1 Å². The van der Waals surface area contributed by atoms with E-state index in [1.807, 2.05) is 11.9 Å². The van der Waals surface area contributed by atoms with Crippen molar-refractivity contribution in [1.29, 1.82) is 0 Å². The number of amides is 4. The normalized spacial score (nSPS) is 13.8. The largest absolute Gasteiger partial charge is 0.452 e. The first-order valence-corrected chi connectivity index (χ1v) is 11.6. The fraction of sp³-hybridized carbons (Fsp3) is 0.545. The number of imide groups is 1. The van der Waals surface area contributed by atoms with Crippen LogP contribution in [0.2, 0.25) is 0 Å². The first-order chi connectivity index (χ1) is 15.4. The maximum atomic E-state index is 12.6. The van der Waals surface area contributed by atoms with Crippen molar-refractivity contribution in [2.45, 2.75) is 43.0 Å². The number of rotatable bonds is 10. The Labute approximate surface area is 192 Å². The minimum Gasteiger partial charge on any atom is -0.452 e. The predicted octanol–water partition coefficient (Wildman–Crippen LogP) is 2.20. The van der Waals surface area contributed by atoms with E-state index in [9.17, 15) is 19.2 Å². The molecule has 1 aliphatic rings. The summed E-state index contributed by atoms with van der Waals surface area (Å²) in [6.07, 6.45) is 5.57. The molecule has 2 rings (SSSR count). The highest BCUT2D eigenvalue weighted by Gasteiger charge is 2.23. The van der Waals surface area contributed by atoms with Gasteiger partial charge in [-0.25, -0.2) is 9.59 Å². The molecule has 0 heterocycles. The van der Waals surface area contributed by atoms with Crippen molar-refractivity contribution in [2.24, 2.45) is 0 Å². The average molecular weight is 466 g/mol. The number of hydrogen-bond donors (Lipinski definition) is 2. The second-order valence-electron chi connectivity index (χ2n) is 7.45. The van der Waals surface area contributed by atoms with Crippen LogP contribution in [0.5, 0.6) is 0 Å². The van der Waals surface area contributed by atoms with Gasteiger partial charge in [0.2, 0.25) is 5.91 Å². The highest BCUT2D eigenvalue weighted by molar-refractivity contribution is 8.00. The maximum Gasteiger partial charge on any atom is 0.339 e. The van der Waals surface area contributed by atoms with E-state index in [1.54, 1.807) is 24.3 Å². The topological polar surface area (TPSA) is 114 Å². The molecule has 0 saturated heterocycles. The molecule has 0 aliphatic heterocycles. The van der Waals surface area contributed by atoms with Crippen LogP contribution in [0.4, 0.5) is 4.79 Å². The van der Waals surface area contributed by atoms with Gasteiger partial charge in [0.15, 0.2) is 6.61 Å². The minimum atomic E-state index is -0.748. The second-order valence-corrected chi connectivity index (χ2v) is 8.47. The van der Waals surface area contributed by atoms with Crippen molar-refractivity contribution in [3.05, 3.63) is 29.8 Å². The van der Waals surface area contributed by atoms with Crippen LogP contribution < -0.4 is 10.6 Å². The third kappa shape index (κ3) is 8.51. The van der Waals surface area contributed by atoms with Crippen molar-refractivity contribution >= 4 is 35.6 Å². The zero-order valence-corrected chi connectivity index (χ0v) is 19.4. The zero-order valence-electron chi connectivity index (χ0n) is 18.6. The Bertz CT molecular complexity index is 798. The number of hydrogen-bond acceptors (Lipinski definition) is 7. The molecule has 9 nitrogen and oxygen atoms in total. The van der Waals surface area contributed by atoms with Gasteiger partial charge in [-0.3, -0.25) is 14.9 Å². The molecular weight excluding hydrogens is 434 g/mol. The van der Waals surface area contributed by atoms with E-state index in [1.165, 1.54) is 25.3 Å². The molecule has 0 radical (unpaired) electrons. The summed E-state index contributed by atoms with van der Waals surface area (Å²) in [6.45, 7) is -0.0441. The number of carbonyl (C=O) groups excluding carboxylic acids is 4. The summed E-state index contributed by atoms with van der Waals surface area (Å²) in [6, 6.07) is 6.35. The number of esters is 1. The molecule has 0 unspecified atom stereocenters. The number of benzene rings is 1. The van der Waals surface area contributed by atoms with Gasteiger partial charge in [0.25, 0.3) is 5.91 Å². The van der Waals surface area contributed by atoms with Crippen LogP contribution in [0, 0.1) is 0 Å². The summed E-state index contributed by atoms with van der Waals surface area (Å²) in [5.74, 6) is -1.22. The van der Waals surface area contributed by atoms with Crippen molar-refractivity contribution in [3.63, 3.8) is 0 Å². The van der Waals surface area contributed by atoms with Crippen molar-refractivity contribution in [3.8, 4) is 0 Å². The third-order valence-corrected chi connectivity index (χ3v) is 6.21. The van der Waals surface area contributed by atoms with Gasteiger partial charge in [-0.15, -0.1) is 11.8 Å². The van der Waals surface area contributed by atoms with Gasteiger partial charge >= 0.3 is 12.0 Å². The van der Waals surface area contributed by atoms with E-state index in [0.717, 1.165) is 25.7 Å². The Morgan fingerprint density at radius 3 is 2.56 bits per heavy atom. The molecule has 0 atom stereocenters. The van der Waals surface area contributed by atoms with E-state index >= 15 is 0 Å². The zero-order chi connectivity index (χ0) is 23.3. The van der Waals surface area contributed by atoms with Crippen LogP contribution in [-0.4, -0.2) is 74.4 Å². The van der Waals surface area contributed by atoms with Crippen LogP contribution in [0.1, 0.15) is 42.5 Å². The molecule has 0 bridgehead atoms. The predicted molar refractivity (Wildman–Crippen MR) is 121 cm³/mol. The lowest BCUT2D eigenvalue weighted by Gasteiger charge is -2.31. The summed E-state index contributed by atoms with van der Waals surface area (Å²) < 4.78 is 9.83. The highest BCUT2D eigenvalue weighted by atomic mass is 32.2. The summed E-state index contributed by atoms with van der Waals surface area (Å²) in [4.78, 5) is 50.8. The molecule has 4 amide bonds. The minimum absolute atomic E-state index is 0.0175. The maximum absolute atomic E-state index is 12.6. The molecule has 10 heteroatoms. The lowest BCUT2D eigenvalue weighted by atomic mass is 9.94. The Morgan fingerprint density at radius 2 is 1.84 bits per heavy atom. The number of carbonyl (C=O) groups is 4. The van der Waals surface area contributed by atoms with E-state index in [2.05, 4.69) is 10.6 Å². The Hall–Kier alpha value is -2.59. The molecule has 32 heavy (non-hydrogen) atoms. The van der Waals surface area contributed by atoms with Crippen LogP contribution in [0.3, 0.4) is 0 Å². The number of urea groups is 1. The number of ether oxygens (including phenoxy) is 2. The lowest BCUT2D eigenvalue weighted by Crippen LogP contribution is -2.42. The van der Waals surface area contributed by atoms with Gasteiger partial charge in [-0.2, -0.15) is 0 Å². The number of thioether (sulfide) groups is 1. The molecule has 1 fully saturated rings. The van der Waals surface area contributed by atoms with E-state index in [-0.39, 0.29) is 29.8 Å². The highest BCUT2D eigenvalue weighted by Crippen LogP contribution is 2.26. The van der Waals surface area contributed by atoms with Gasteiger partial charge in [-0.1, -0.05) is 31.4 Å². The van der Waals surface area contributed by atoms with Crippen molar-refractivity contribution in [1.82, 2.24) is 15.5 Å². The summed E-state index contributed by atoms with van der Waals surface area (Å²) >= 11 is 1.26. The van der Waals surface area contributed by atoms with Gasteiger partial charge in [-0.05, 0) is 25.0 Å². The van der Waals surface area contributed by atoms with Gasteiger partial charge < -0.3 is 19.7 Å². The molecule has 1 aliphatic carbocycles. The average Bonchev–Trinajstić information content (AvgIpc) is 2.81. The fourth-order valence-electron chi connectivity index (χ4n) is 3.36. The standard InChI is InChI=1S/C22H31N3O6S/c1-25(16-8-4-3-5-9-16)20(27)15-32-18-11-7-6-10-17(18)21(28)31-14-19(26)24-22(29)23-12-13-30-2/h6-7,10-11,16H,3-5,8-9,12-15H2,1-2H3,(H2,23,24,26,29). The van der Waals surface area contributed by atoms with Gasteiger partial charge in [0.05, 0.1) is 17.9 Å². The van der Waals surface area contributed by atoms with Gasteiger partial charge in [0, 0.05) is 31.6 Å². The third-order valence-electron chi connectivity index (χ3n) is 5.15. The Kier molecular flexibility index (Phi) is 11.0. The molecular formula is C22H31N3O6S. The first kappa shape index (κ1) is 25.7. The SMILES string of the molecule is COCCNC(=O)NC(=O)COC(=O)c1ccccc1SCC(=O)N(C)C1CCCCC1. The van der Waals surface area contributed by atoms with Crippen LogP contribution >= 0.6 is 11.8 Å². The number of nitrogens with one attached hydrogen (secondary N) is 2. The lowest BCUT2D eigenvalue weighted by molar-refractivity contribution is -0.129. The van der Waals surface area contributed by atoms with Crippen molar-refractivity contribution < 1.29 is 28.7 Å². The van der Waals surface area contributed by atoms with Crippen molar-refractivity contribution in [2.75, 3.05) is 39.7 Å². The number of methoxy groups -OCH3 is 1. The molecule has 176 valence electrons. The van der Waals surface area contributed by atoms with E-state index < -0.39 is 24.5 Å². The fourth-order valence-corrected chi connectivity index (χ4v) is 4.32. The van der Waals surface area contributed by atoms with E-state index in [4.69, 9.17) is 9.47 Å². The van der Waals surface area contributed by atoms with Crippen LogP contribution in [0.25, 0.3) is 0 Å². The Morgan fingerprint density at radius 1 is 1.12 bits per heavy atom. The molecule has 0 aromatic heterocycles. The summed E-state index contributed by atoms with van der Waals surface area (Å²) in [7, 11) is 3.33. The molecule has 1 aromatic rings. The summed E-state index contributed by atoms with van der Waals surface area (Å²) in [5.41, 5.74) is 0.267.